The first-order chi connectivity index (χ1) is 20.4. The molecule has 0 radical (unpaired) electrons. The molecule has 2 heterocycles. The molecule has 0 fully saturated rings. The van der Waals surface area contributed by atoms with Gasteiger partial charge in [-0.25, -0.2) is 4.98 Å². The second-order valence-corrected chi connectivity index (χ2v) is 10.7. The lowest BCUT2D eigenvalue weighted by Crippen LogP contribution is -1.97. The van der Waals surface area contributed by atoms with Crippen molar-refractivity contribution in [2.75, 3.05) is 0 Å². The normalized spacial score (nSPS) is 11.9. The molecule has 1 aliphatic rings. The molecule has 0 atom stereocenters. The number of pyridine rings is 1. The summed E-state index contributed by atoms with van der Waals surface area (Å²) in [6.07, 6.45) is 2.29. The summed E-state index contributed by atoms with van der Waals surface area (Å²) < 4.78 is 2.27. The van der Waals surface area contributed by atoms with Crippen LogP contribution >= 0.6 is 0 Å². The Morgan fingerprint density at radius 1 is 0.415 bits per heavy atom. The molecule has 0 bridgehead atoms. The molecule has 2 heteroatoms. The Morgan fingerprint density at radius 3 is 1.76 bits per heavy atom. The van der Waals surface area contributed by atoms with E-state index in [9.17, 15) is 0 Å². The fraction of sp³-hybridized carbons (Fsp3) is 0. The zero-order valence-electron chi connectivity index (χ0n) is 22.3. The molecular weight excluding hydrogens is 496 g/mol. The summed E-state index contributed by atoms with van der Waals surface area (Å²) in [6, 6.07) is 50.1. The van der Waals surface area contributed by atoms with Crippen LogP contribution in [0.25, 0.3) is 82.9 Å². The lowest BCUT2D eigenvalue weighted by atomic mass is 9.85. The van der Waals surface area contributed by atoms with Gasteiger partial charge in [-0.2, -0.15) is 0 Å². The molecule has 2 nitrogen and oxygen atoms in total. The van der Waals surface area contributed by atoms with Crippen molar-refractivity contribution < 1.29 is 0 Å². The minimum Gasteiger partial charge on any atom is -0.301 e. The number of rotatable bonds is 2. The molecule has 0 saturated heterocycles. The largest absolute Gasteiger partial charge is 0.301 e. The van der Waals surface area contributed by atoms with E-state index in [4.69, 9.17) is 4.98 Å². The summed E-state index contributed by atoms with van der Waals surface area (Å²) >= 11 is 0. The van der Waals surface area contributed by atoms with Gasteiger partial charge < -0.3 is 4.57 Å². The van der Waals surface area contributed by atoms with Gasteiger partial charge in [0, 0.05) is 22.7 Å². The predicted molar refractivity (Wildman–Crippen MR) is 171 cm³/mol. The number of nitrogens with zero attached hydrogens (tertiary/aromatic N) is 2. The van der Waals surface area contributed by atoms with Crippen molar-refractivity contribution in [3.63, 3.8) is 0 Å². The van der Waals surface area contributed by atoms with E-state index in [0.717, 1.165) is 22.6 Å². The van der Waals surface area contributed by atoms with Gasteiger partial charge in [-0.05, 0) is 67.6 Å². The number of fused-ring (bicyclic) bond motifs is 10. The van der Waals surface area contributed by atoms with Gasteiger partial charge in [0.1, 0.15) is 5.82 Å². The molecule has 0 amide bonds. The Morgan fingerprint density at radius 2 is 1.00 bits per heavy atom. The molecule has 2 aromatic heterocycles. The van der Waals surface area contributed by atoms with E-state index in [2.05, 4.69) is 144 Å². The monoisotopic (exact) mass is 520 g/mol. The Balaban J connectivity index is 1.43. The molecule has 0 N–H and O–H groups in total. The highest BCUT2D eigenvalue weighted by molar-refractivity contribution is 6.27. The Bertz CT molecular complexity index is 2310. The number of hydrogen-bond acceptors (Lipinski definition) is 1. The molecule has 6 aromatic carbocycles. The van der Waals surface area contributed by atoms with E-state index in [1.54, 1.807) is 0 Å². The topological polar surface area (TPSA) is 17.8 Å². The fourth-order valence-corrected chi connectivity index (χ4v) is 6.85. The van der Waals surface area contributed by atoms with Crippen molar-refractivity contribution in [1.29, 1.82) is 0 Å². The summed E-state index contributed by atoms with van der Waals surface area (Å²) in [6.45, 7) is 0. The molecule has 0 aliphatic heterocycles. The third kappa shape index (κ3) is 3.16. The van der Waals surface area contributed by atoms with Gasteiger partial charge in [-0.1, -0.05) is 121 Å². The van der Waals surface area contributed by atoms with E-state index in [1.165, 1.54) is 60.3 Å². The van der Waals surface area contributed by atoms with Crippen molar-refractivity contribution in [3.05, 3.63) is 146 Å². The van der Waals surface area contributed by atoms with Gasteiger partial charge in [0.25, 0.3) is 0 Å². The molecule has 8 aromatic rings. The van der Waals surface area contributed by atoms with Gasteiger partial charge in [0.2, 0.25) is 0 Å². The molecule has 9 rings (SSSR count). The summed E-state index contributed by atoms with van der Waals surface area (Å²) in [7, 11) is 0. The average Bonchev–Trinajstić information content (AvgIpc) is 3.39. The first-order valence-electron chi connectivity index (χ1n) is 14.1. The van der Waals surface area contributed by atoms with Crippen LogP contribution in [0.3, 0.4) is 0 Å². The van der Waals surface area contributed by atoms with Crippen LogP contribution in [0, 0.1) is 0 Å². The fourth-order valence-electron chi connectivity index (χ4n) is 6.85. The molecule has 1 aliphatic carbocycles. The smallest absolute Gasteiger partial charge is 0.137 e. The second-order valence-electron chi connectivity index (χ2n) is 10.7. The third-order valence-corrected chi connectivity index (χ3v) is 8.57. The average molecular weight is 521 g/mol. The van der Waals surface area contributed by atoms with Crippen LogP contribution in [0.4, 0.5) is 0 Å². The Labute approximate surface area is 237 Å². The highest BCUT2D eigenvalue weighted by Gasteiger charge is 2.27. The highest BCUT2D eigenvalue weighted by Crippen LogP contribution is 2.53. The van der Waals surface area contributed by atoms with Crippen molar-refractivity contribution in [2.45, 2.75) is 0 Å². The van der Waals surface area contributed by atoms with Crippen molar-refractivity contribution >= 4 is 32.4 Å². The van der Waals surface area contributed by atoms with Gasteiger partial charge in [-0.15, -0.1) is 0 Å². The van der Waals surface area contributed by atoms with Gasteiger partial charge >= 0.3 is 0 Å². The minimum absolute atomic E-state index is 0.918. The number of hydrogen-bond donors (Lipinski definition) is 0. The SMILES string of the molecule is c1ccc(-c2cccc(-n3cc4c5c(cccc53)-c3c(c5ccccc5c5ccccc35)-c3ccccc3-4)n2)cc1. The van der Waals surface area contributed by atoms with E-state index in [-0.39, 0.29) is 0 Å². The summed E-state index contributed by atoms with van der Waals surface area (Å²) in [5.41, 5.74) is 10.9. The lowest BCUT2D eigenvalue weighted by Gasteiger charge is -2.18. The van der Waals surface area contributed by atoms with E-state index < -0.39 is 0 Å². The van der Waals surface area contributed by atoms with E-state index in [1.807, 2.05) is 6.07 Å². The molecule has 0 spiro atoms. The van der Waals surface area contributed by atoms with Crippen LogP contribution < -0.4 is 0 Å². The molecule has 0 unspecified atom stereocenters. The number of aromatic nitrogens is 2. The van der Waals surface area contributed by atoms with Crippen LogP contribution in [-0.4, -0.2) is 9.55 Å². The molecule has 41 heavy (non-hydrogen) atoms. The quantitative estimate of drug-likeness (QED) is 0.207. The zero-order valence-corrected chi connectivity index (χ0v) is 22.3. The van der Waals surface area contributed by atoms with Crippen molar-refractivity contribution in [1.82, 2.24) is 9.55 Å². The summed E-state index contributed by atoms with van der Waals surface area (Å²) in [5.74, 6) is 0.918. The first kappa shape index (κ1) is 22.4. The third-order valence-electron chi connectivity index (χ3n) is 8.57. The minimum atomic E-state index is 0.918. The maximum Gasteiger partial charge on any atom is 0.137 e. The predicted octanol–water partition coefficient (Wildman–Crippen LogP) is 10.3. The summed E-state index contributed by atoms with van der Waals surface area (Å²) in [4.78, 5) is 5.14. The standard InChI is InChI=1S/C39H24N2/c1-2-12-25(13-3-1)34-21-11-23-36(40-34)41-24-33-28-16-6-9-19-31(28)38-29-17-7-4-14-26(29)27-15-5-8-18-30(27)39(38)32-20-10-22-35(41)37(32)33/h1-24H. The van der Waals surface area contributed by atoms with Crippen LogP contribution in [0.5, 0.6) is 0 Å². The van der Waals surface area contributed by atoms with Crippen LogP contribution in [-0.2, 0) is 0 Å². The van der Waals surface area contributed by atoms with Crippen molar-refractivity contribution in [2.24, 2.45) is 0 Å². The maximum absolute atomic E-state index is 5.14. The van der Waals surface area contributed by atoms with Crippen molar-refractivity contribution in [3.8, 4) is 50.5 Å². The number of benzene rings is 6. The highest BCUT2D eigenvalue weighted by atomic mass is 15.1. The van der Waals surface area contributed by atoms with Gasteiger partial charge in [-0.3, -0.25) is 0 Å². The molecular formula is C39H24N2. The van der Waals surface area contributed by atoms with E-state index >= 15 is 0 Å². The second kappa shape index (κ2) is 8.51. The van der Waals surface area contributed by atoms with Crippen LogP contribution in [0.1, 0.15) is 0 Å². The molecule has 0 saturated carbocycles. The van der Waals surface area contributed by atoms with Gasteiger partial charge in [0.15, 0.2) is 0 Å². The Kier molecular flexibility index (Phi) is 4.64. The van der Waals surface area contributed by atoms with Crippen LogP contribution in [0.15, 0.2) is 146 Å². The first-order valence-corrected chi connectivity index (χ1v) is 14.1. The van der Waals surface area contributed by atoms with Crippen LogP contribution in [0.2, 0.25) is 0 Å². The van der Waals surface area contributed by atoms with E-state index in [0.29, 0.717) is 0 Å². The Hall–Kier alpha value is -5.47. The zero-order chi connectivity index (χ0) is 26.9. The summed E-state index contributed by atoms with van der Waals surface area (Å²) in [5, 5.41) is 6.43. The lowest BCUT2D eigenvalue weighted by molar-refractivity contribution is 1.05. The van der Waals surface area contributed by atoms with Gasteiger partial charge in [0.05, 0.1) is 11.2 Å². The maximum atomic E-state index is 5.14. The molecule has 190 valence electrons.